The van der Waals surface area contributed by atoms with Gasteiger partial charge in [-0.05, 0) is 62.3 Å². The van der Waals surface area contributed by atoms with Crippen molar-refractivity contribution in [3.05, 3.63) is 34.3 Å². The maximum absolute atomic E-state index is 3.50. The number of hydrogen-bond acceptors (Lipinski definition) is 1. The number of hydrogen-bond donors (Lipinski definition) is 0. The zero-order chi connectivity index (χ0) is 11.8. The van der Waals surface area contributed by atoms with Gasteiger partial charge in [-0.2, -0.15) is 0 Å². The molecule has 0 aromatic heterocycles. The van der Waals surface area contributed by atoms with Crippen LogP contribution < -0.4 is 0 Å². The fourth-order valence-corrected chi connectivity index (χ4v) is 3.40. The zero-order valence-corrected chi connectivity index (χ0v) is 12.0. The summed E-state index contributed by atoms with van der Waals surface area (Å²) in [6, 6.07) is 9.72. The van der Waals surface area contributed by atoms with E-state index in [4.69, 9.17) is 0 Å². The van der Waals surface area contributed by atoms with Crippen LogP contribution in [0.1, 0.15) is 37.7 Å². The lowest BCUT2D eigenvalue weighted by Crippen LogP contribution is -2.29. The number of benzene rings is 1. The summed E-state index contributed by atoms with van der Waals surface area (Å²) < 4.78 is 1.19. The predicted molar refractivity (Wildman–Crippen MR) is 75.3 cm³/mol. The summed E-state index contributed by atoms with van der Waals surface area (Å²) in [6.45, 7) is 5.02. The summed E-state index contributed by atoms with van der Waals surface area (Å²) in [4.78, 5) is 2.68. The summed E-state index contributed by atoms with van der Waals surface area (Å²) in [6.07, 6.45) is 4.19. The second kappa shape index (κ2) is 4.74. The van der Waals surface area contributed by atoms with Gasteiger partial charge in [0.15, 0.2) is 0 Å². The van der Waals surface area contributed by atoms with E-state index in [9.17, 15) is 0 Å². The third-order valence-corrected chi connectivity index (χ3v) is 4.91. The highest BCUT2D eigenvalue weighted by Crippen LogP contribution is 2.48. The van der Waals surface area contributed by atoms with Gasteiger partial charge in [0, 0.05) is 17.1 Å². The molecule has 92 valence electrons. The maximum Gasteiger partial charge on any atom is 0.0175 e. The average Bonchev–Trinajstić information content (AvgIpc) is 2.97. The number of halogens is 1. The molecule has 0 spiro atoms. The Balaban J connectivity index is 1.57. The van der Waals surface area contributed by atoms with Gasteiger partial charge in [-0.1, -0.05) is 28.1 Å². The molecule has 0 radical (unpaired) electrons. The first-order chi connectivity index (χ1) is 8.24. The van der Waals surface area contributed by atoms with Crippen LogP contribution in [0.4, 0.5) is 0 Å². The molecule has 0 amide bonds. The summed E-state index contributed by atoms with van der Waals surface area (Å²) >= 11 is 3.50. The number of rotatable bonds is 3. The Kier molecular flexibility index (Phi) is 3.27. The van der Waals surface area contributed by atoms with Crippen LogP contribution >= 0.6 is 15.9 Å². The minimum atomic E-state index is 0.821. The van der Waals surface area contributed by atoms with E-state index in [1.165, 1.54) is 42.4 Å². The Morgan fingerprint density at radius 2 is 2.06 bits per heavy atom. The van der Waals surface area contributed by atoms with E-state index in [0.717, 1.165) is 17.9 Å². The van der Waals surface area contributed by atoms with Crippen molar-refractivity contribution in [3.63, 3.8) is 0 Å². The van der Waals surface area contributed by atoms with Crippen molar-refractivity contribution in [1.29, 1.82) is 0 Å². The van der Waals surface area contributed by atoms with Crippen LogP contribution in [-0.4, -0.2) is 24.0 Å². The van der Waals surface area contributed by atoms with Crippen molar-refractivity contribution in [2.75, 3.05) is 13.1 Å². The molecule has 1 aliphatic heterocycles. The Morgan fingerprint density at radius 3 is 2.71 bits per heavy atom. The predicted octanol–water partition coefficient (Wildman–Crippen LogP) is 4.04. The fraction of sp³-hybridized carbons (Fsp3) is 0.600. The van der Waals surface area contributed by atoms with Gasteiger partial charge in [0.25, 0.3) is 0 Å². The molecule has 0 N–H and O–H groups in total. The molecule has 1 saturated carbocycles. The molecule has 1 heterocycles. The van der Waals surface area contributed by atoms with E-state index in [0.29, 0.717) is 0 Å². The molecule has 1 aromatic carbocycles. The molecule has 1 nitrogen and oxygen atoms in total. The number of nitrogens with zero attached hydrogens (tertiary/aromatic N) is 1. The first-order valence-corrected chi connectivity index (χ1v) is 7.53. The van der Waals surface area contributed by atoms with E-state index in [1.54, 1.807) is 0 Å². The highest BCUT2D eigenvalue weighted by Gasteiger charge is 2.40. The first kappa shape index (κ1) is 11.7. The Hall–Kier alpha value is -0.340. The smallest absolute Gasteiger partial charge is 0.0175 e. The Morgan fingerprint density at radius 1 is 1.29 bits per heavy atom. The molecule has 2 fully saturated rings. The minimum Gasteiger partial charge on any atom is -0.300 e. The molecule has 2 unspecified atom stereocenters. The molecule has 0 bridgehead atoms. The van der Waals surface area contributed by atoms with Gasteiger partial charge in [-0.15, -0.1) is 0 Å². The van der Waals surface area contributed by atoms with Crippen molar-refractivity contribution in [1.82, 2.24) is 4.90 Å². The van der Waals surface area contributed by atoms with Crippen molar-refractivity contribution >= 4 is 15.9 Å². The molecular formula is C15H20BrN. The lowest BCUT2D eigenvalue weighted by Gasteiger charge is -2.20. The van der Waals surface area contributed by atoms with Crippen LogP contribution in [-0.2, 0) is 0 Å². The van der Waals surface area contributed by atoms with Gasteiger partial charge >= 0.3 is 0 Å². The zero-order valence-electron chi connectivity index (χ0n) is 10.4. The van der Waals surface area contributed by atoms with Crippen LogP contribution in [0.3, 0.4) is 0 Å². The molecule has 1 aliphatic carbocycles. The minimum absolute atomic E-state index is 0.821. The third kappa shape index (κ3) is 2.58. The van der Waals surface area contributed by atoms with Gasteiger partial charge in [-0.3, -0.25) is 0 Å². The maximum atomic E-state index is 3.50. The fourth-order valence-electron chi connectivity index (χ4n) is 3.13. The Bertz CT molecular complexity index is 386. The average molecular weight is 294 g/mol. The standard InChI is InChI=1S/C15H20BrN/c1-11-3-2-8-17(11)10-13-9-15(13)12-4-6-14(16)7-5-12/h4-7,11,13,15H,2-3,8-10H2,1H3/t11-,13?,15?/m0/s1. The molecule has 2 heteroatoms. The van der Waals surface area contributed by atoms with Crippen molar-refractivity contribution in [3.8, 4) is 0 Å². The van der Waals surface area contributed by atoms with Gasteiger partial charge in [0.05, 0.1) is 0 Å². The van der Waals surface area contributed by atoms with Crippen LogP contribution in [0.5, 0.6) is 0 Å². The van der Waals surface area contributed by atoms with E-state index >= 15 is 0 Å². The second-order valence-corrected chi connectivity index (χ2v) is 6.56. The lowest BCUT2D eigenvalue weighted by molar-refractivity contribution is 0.256. The summed E-state index contributed by atoms with van der Waals surface area (Å²) in [5.74, 6) is 1.74. The molecule has 1 aromatic rings. The quantitative estimate of drug-likeness (QED) is 0.813. The largest absolute Gasteiger partial charge is 0.300 e. The van der Waals surface area contributed by atoms with Crippen molar-refractivity contribution in [2.24, 2.45) is 5.92 Å². The molecule has 3 rings (SSSR count). The number of likely N-dealkylation sites (tertiary alicyclic amines) is 1. The van der Waals surface area contributed by atoms with Crippen LogP contribution in [0.2, 0.25) is 0 Å². The molecule has 17 heavy (non-hydrogen) atoms. The van der Waals surface area contributed by atoms with E-state index in [2.05, 4.69) is 52.0 Å². The normalized spacial score (nSPS) is 32.9. The SMILES string of the molecule is C[C@H]1CCCN1CC1CC1c1ccc(Br)cc1. The Labute approximate surface area is 112 Å². The lowest BCUT2D eigenvalue weighted by atomic mass is 10.1. The monoisotopic (exact) mass is 293 g/mol. The van der Waals surface area contributed by atoms with Gasteiger partial charge in [0.2, 0.25) is 0 Å². The van der Waals surface area contributed by atoms with Gasteiger partial charge < -0.3 is 4.90 Å². The van der Waals surface area contributed by atoms with Crippen LogP contribution in [0.15, 0.2) is 28.7 Å². The molecule has 3 atom stereocenters. The summed E-state index contributed by atoms with van der Waals surface area (Å²) in [5.41, 5.74) is 1.53. The molecular weight excluding hydrogens is 274 g/mol. The van der Waals surface area contributed by atoms with E-state index < -0.39 is 0 Å². The molecule has 2 aliphatic rings. The van der Waals surface area contributed by atoms with Crippen LogP contribution in [0.25, 0.3) is 0 Å². The van der Waals surface area contributed by atoms with Crippen LogP contribution in [0, 0.1) is 5.92 Å². The van der Waals surface area contributed by atoms with E-state index in [-0.39, 0.29) is 0 Å². The topological polar surface area (TPSA) is 3.24 Å². The molecule has 1 saturated heterocycles. The highest BCUT2D eigenvalue weighted by molar-refractivity contribution is 9.10. The summed E-state index contributed by atoms with van der Waals surface area (Å²) in [5, 5.41) is 0. The summed E-state index contributed by atoms with van der Waals surface area (Å²) in [7, 11) is 0. The first-order valence-electron chi connectivity index (χ1n) is 6.73. The van der Waals surface area contributed by atoms with Gasteiger partial charge in [0.1, 0.15) is 0 Å². The highest BCUT2D eigenvalue weighted by atomic mass is 79.9. The second-order valence-electron chi connectivity index (χ2n) is 5.64. The van der Waals surface area contributed by atoms with E-state index in [1.807, 2.05) is 0 Å². The van der Waals surface area contributed by atoms with Crippen molar-refractivity contribution in [2.45, 2.75) is 38.1 Å². The van der Waals surface area contributed by atoms with Gasteiger partial charge in [-0.25, -0.2) is 0 Å². The third-order valence-electron chi connectivity index (χ3n) is 4.38. The van der Waals surface area contributed by atoms with Crippen molar-refractivity contribution < 1.29 is 0 Å².